The molecule has 3 rings (SSSR count). The largest absolute Gasteiger partial charge is 0.507 e. The van der Waals surface area contributed by atoms with Gasteiger partial charge in [0.15, 0.2) is 17.3 Å². The summed E-state index contributed by atoms with van der Waals surface area (Å²) >= 11 is 0. The third-order valence-corrected chi connectivity index (χ3v) is 4.30. The number of ether oxygens (including phenoxy) is 2. The number of aromatic hydroxyl groups is 2. The van der Waals surface area contributed by atoms with Gasteiger partial charge in [-0.25, -0.2) is 0 Å². The van der Waals surface area contributed by atoms with Crippen LogP contribution in [0.5, 0.6) is 11.5 Å². The molecule has 0 bridgehead atoms. The Bertz CT molecular complexity index is 877. The monoisotopic (exact) mass is 371 g/mol. The maximum atomic E-state index is 12.8. The number of nitrogens with one attached hydrogen (secondary N) is 1. The van der Waals surface area contributed by atoms with Gasteiger partial charge in [-0.2, -0.15) is 0 Å². The van der Waals surface area contributed by atoms with Gasteiger partial charge in [0.25, 0.3) is 0 Å². The van der Waals surface area contributed by atoms with Crippen LogP contribution >= 0.6 is 0 Å². The van der Waals surface area contributed by atoms with E-state index in [-0.39, 0.29) is 46.2 Å². The van der Waals surface area contributed by atoms with E-state index >= 15 is 0 Å². The predicted octanol–water partition coefficient (Wildman–Crippen LogP) is 2.69. The van der Waals surface area contributed by atoms with Crippen LogP contribution in [0.4, 0.5) is 5.69 Å². The third kappa shape index (κ3) is 3.65. The number of phenols is 2. The summed E-state index contributed by atoms with van der Waals surface area (Å²) in [7, 11) is 0. The van der Waals surface area contributed by atoms with Crippen LogP contribution in [0.3, 0.4) is 0 Å². The number of benzene rings is 2. The summed E-state index contributed by atoms with van der Waals surface area (Å²) in [6, 6.07) is 7.62. The molecule has 142 valence electrons. The van der Waals surface area contributed by atoms with E-state index in [9.17, 15) is 19.8 Å². The number of carbonyl (C=O) groups is 2. The lowest BCUT2D eigenvalue weighted by molar-refractivity contribution is -0.0491. The molecule has 0 saturated heterocycles. The predicted molar refractivity (Wildman–Crippen MR) is 98.6 cm³/mol. The van der Waals surface area contributed by atoms with E-state index in [1.807, 2.05) is 6.92 Å². The molecule has 27 heavy (non-hydrogen) atoms. The number of ketones is 2. The fraction of sp³-hybridized carbons (Fsp3) is 0.300. The molecule has 2 aromatic rings. The first-order valence-electron chi connectivity index (χ1n) is 8.73. The van der Waals surface area contributed by atoms with Crippen molar-refractivity contribution in [1.29, 1.82) is 0 Å². The van der Waals surface area contributed by atoms with Crippen molar-refractivity contribution in [1.82, 2.24) is 0 Å². The number of anilines is 1. The normalized spacial score (nSPS) is 12.6. The van der Waals surface area contributed by atoms with Crippen LogP contribution in [-0.4, -0.2) is 48.3 Å². The highest BCUT2D eigenvalue weighted by molar-refractivity contribution is 6.30. The lowest BCUT2D eigenvalue weighted by Gasteiger charge is -2.21. The maximum absolute atomic E-state index is 12.8. The van der Waals surface area contributed by atoms with Crippen LogP contribution in [0.25, 0.3) is 0 Å². The van der Waals surface area contributed by atoms with Gasteiger partial charge in [0, 0.05) is 30.3 Å². The Morgan fingerprint density at radius 1 is 1.00 bits per heavy atom. The Hall–Kier alpha value is -2.90. The molecule has 7 heteroatoms. The minimum absolute atomic E-state index is 0.165. The molecule has 0 atom stereocenters. The molecule has 3 N–H and O–H groups in total. The van der Waals surface area contributed by atoms with E-state index in [0.717, 1.165) is 0 Å². The highest BCUT2D eigenvalue weighted by atomic mass is 16.7. The van der Waals surface area contributed by atoms with Gasteiger partial charge in [-0.3, -0.25) is 9.59 Å². The zero-order chi connectivity index (χ0) is 19.4. The molecule has 0 spiro atoms. The van der Waals surface area contributed by atoms with E-state index in [1.165, 1.54) is 18.2 Å². The molecule has 0 aliphatic heterocycles. The van der Waals surface area contributed by atoms with Gasteiger partial charge in [-0.1, -0.05) is 24.3 Å². The first-order valence-corrected chi connectivity index (χ1v) is 8.73. The Morgan fingerprint density at radius 3 is 2.33 bits per heavy atom. The molecular weight excluding hydrogens is 350 g/mol. The third-order valence-electron chi connectivity index (χ3n) is 4.30. The summed E-state index contributed by atoms with van der Waals surface area (Å²) in [6.45, 7) is 3.57. The average Bonchev–Trinajstić information content (AvgIpc) is 2.67. The molecule has 1 aliphatic carbocycles. The van der Waals surface area contributed by atoms with Crippen molar-refractivity contribution in [3.05, 3.63) is 52.6 Å². The van der Waals surface area contributed by atoms with E-state index < -0.39 is 11.6 Å². The summed E-state index contributed by atoms with van der Waals surface area (Å²) < 4.78 is 10.3. The highest BCUT2D eigenvalue weighted by Gasteiger charge is 2.35. The SMILES string of the molecule is CCOCOCCCNc1cc(O)c2c(c1O)C(=O)c1ccccc1C2=O. The summed E-state index contributed by atoms with van der Waals surface area (Å²) in [5, 5.41) is 23.8. The van der Waals surface area contributed by atoms with Crippen molar-refractivity contribution in [3.8, 4) is 11.5 Å². The Kier molecular flexibility index (Phi) is 5.73. The molecular formula is C20H21NO6. The van der Waals surface area contributed by atoms with Gasteiger partial charge < -0.3 is 25.0 Å². The number of rotatable bonds is 8. The van der Waals surface area contributed by atoms with E-state index in [0.29, 0.717) is 26.2 Å². The minimum Gasteiger partial charge on any atom is -0.507 e. The van der Waals surface area contributed by atoms with Crippen LogP contribution in [0, 0.1) is 0 Å². The van der Waals surface area contributed by atoms with Crippen molar-refractivity contribution in [3.63, 3.8) is 0 Å². The summed E-state index contributed by atoms with van der Waals surface area (Å²) in [5.74, 6) is -1.66. The molecule has 7 nitrogen and oxygen atoms in total. The van der Waals surface area contributed by atoms with Crippen molar-refractivity contribution in [2.75, 3.05) is 31.9 Å². The van der Waals surface area contributed by atoms with Gasteiger partial charge in [0.1, 0.15) is 12.5 Å². The maximum Gasteiger partial charge on any atom is 0.198 e. The second kappa shape index (κ2) is 8.20. The van der Waals surface area contributed by atoms with Crippen LogP contribution in [-0.2, 0) is 9.47 Å². The van der Waals surface area contributed by atoms with Crippen LogP contribution < -0.4 is 5.32 Å². The van der Waals surface area contributed by atoms with Gasteiger partial charge in [0.05, 0.1) is 23.4 Å². The molecule has 0 fully saturated rings. The number of hydrogen-bond donors (Lipinski definition) is 3. The molecule has 0 radical (unpaired) electrons. The number of carbonyl (C=O) groups excluding carboxylic acids is 2. The van der Waals surface area contributed by atoms with Gasteiger partial charge in [0.2, 0.25) is 0 Å². The highest BCUT2D eigenvalue weighted by Crippen LogP contribution is 2.42. The van der Waals surface area contributed by atoms with Gasteiger partial charge in [-0.15, -0.1) is 0 Å². The van der Waals surface area contributed by atoms with Crippen molar-refractivity contribution in [2.24, 2.45) is 0 Å². The quantitative estimate of drug-likeness (QED) is 0.242. The number of hydrogen-bond acceptors (Lipinski definition) is 7. The lowest BCUT2D eigenvalue weighted by atomic mass is 9.82. The van der Waals surface area contributed by atoms with Crippen LogP contribution in [0.1, 0.15) is 45.2 Å². The zero-order valence-corrected chi connectivity index (χ0v) is 14.9. The Labute approximate surface area is 156 Å². The van der Waals surface area contributed by atoms with Crippen molar-refractivity contribution in [2.45, 2.75) is 13.3 Å². The number of fused-ring (bicyclic) bond motifs is 2. The Balaban J connectivity index is 1.79. The zero-order valence-electron chi connectivity index (χ0n) is 14.9. The molecule has 0 heterocycles. The summed E-state index contributed by atoms with van der Waals surface area (Å²) in [6.07, 6.45) is 0.625. The molecule has 0 saturated carbocycles. The molecule has 0 amide bonds. The van der Waals surface area contributed by atoms with Gasteiger partial charge >= 0.3 is 0 Å². The van der Waals surface area contributed by atoms with Crippen molar-refractivity contribution < 1.29 is 29.3 Å². The Morgan fingerprint density at radius 2 is 1.67 bits per heavy atom. The topological polar surface area (TPSA) is 105 Å². The second-order valence-corrected chi connectivity index (χ2v) is 6.04. The second-order valence-electron chi connectivity index (χ2n) is 6.04. The molecule has 1 aliphatic rings. The molecule has 2 aromatic carbocycles. The van der Waals surface area contributed by atoms with Crippen LogP contribution in [0.15, 0.2) is 30.3 Å². The van der Waals surface area contributed by atoms with E-state index in [1.54, 1.807) is 12.1 Å². The number of phenolic OH excluding ortho intramolecular Hbond substituents is 2. The summed E-state index contributed by atoms with van der Waals surface area (Å²) in [5.41, 5.74) is 0.287. The smallest absolute Gasteiger partial charge is 0.198 e. The molecule has 0 unspecified atom stereocenters. The van der Waals surface area contributed by atoms with Crippen molar-refractivity contribution >= 4 is 17.3 Å². The standard InChI is InChI=1S/C20H21NO6/c1-2-26-11-27-9-5-8-21-14-10-15(22)16-17(20(14)25)19(24)13-7-4-3-6-12(13)18(16)23/h3-4,6-7,10,21-22,25H,2,5,8-9,11H2,1H3. The van der Waals surface area contributed by atoms with Crippen LogP contribution in [0.2, 0.25) is 0 Å². The lowest BCUT2D eigenvalue weighted by Crippen LogP contribution is -2.21. The summed E-state index contributed by atoms with van der Waals surface area (Å²) in [4.78, 5) is 25.4. The van der Waals surface area contributed by atoms with Gasteiger partial charge in [-0.05, 0) is 13.3 Å². The first-order chi connectivity index (χ1) is 13.1. The molecule has 0 aromatic heterocycles. The minimum atomic E-state index is -0.489. The van der Waals surface area contributed by atoms with E-state index in [2.05, 4.69) is 5.32 Å². The average molecular weight is 371 g/mol. The van der Waals surface area contributed by atoms with E-state index in [4.69, 9.17) is 9.47 Å². The fourth-order valence-electron chi connectivity index (χ4n) is 2.99. The fourth-order valence-corrected chi connectivity index (χ4v) is 2.99. The first kappa shape index (κ1) is 18.9.